The zero-order chi connectivity index (χ0) is 12.9. The lowest BCUT2D eigenvalue weighted by Gasteiger charge is -2.15. The first-order valence-electron chi connectivity index (χ1n) is 5.28. The summed E-state index contributed by atoms with van der Waals surface area (Å²) in [7, 11) is 1.59. The monoisotopic (exact) mass is 270 g/mol. The van der Waals surface area contributed by atoms with E-state index in [4.69, 9.17) is 30.5 Å². The van der Waals surface area contributed by atoms with Crippen molar-refractivity contribution in [1.82, 2.24) is 0 Å². The lowest BCUT2D eigenvalue weighted by molar-refractivity contribution is -0.195. The first-order valence-corrected chi connectivity index (χ1v) is 5.82. The molecule has 7 heteroatoms. The van der Waals surface area contributed by atoms with Crippen molar-refractivity contribution in [3.8, 4) is 0 Å². The Balaban J connectivity index is 3.65. The summed E-state index contributed by atoms with van der Waals surface area (Å²) in [4.78, 5) is 11.3. The van der Waals surface area contributed by atoms with Gasteiger partial charge in [0.25, 0.3) is 6.29 Å². The number of carbonyl (C=O) groups excluding carboxylic acids is 1. The van der Waals surface area contributed by atoms with E-state index >= 15 is 0 Å². The standard InChI is InChI=1S/C10H19ClO6/c1-3-15-10(9(12)17-8-11)16-7-6-14-5-4-13-2/h10H,3-8H2,1-2H3. The van der Waals surface area contributed by atoms with Gasteiger partial charge in [-0.1, -0.05) is 11.6 Å². The predicted octanol–water partition coefficient (Wildman–Crippen LogP) is 0.768. The maximum absolute atomic E-state index is 11.3. The highest BCUT2D eigenvalue weighted by atomic mass is 35.5. The molecule has 0 amide bonds. The zero-order valence-electron chi connectivity index (χ0n) is 10.1. The molecule has 0 aromatic carbocycles. The largest absolute Gasteiger partial charge is 0.446 e. The van der Waals surface area contributed by atoms with Gasteiger partial charge in [0.2, 0.25) is 0 Å². The Bertz CT molecular complexity index is 190. The summed E-state index contributed by atoms with van der Waals surface area (Å²) >= 11 is 5.27. The summed E-state index contributed by atoms with van der Waals surface area (Å²) in [5.74, 6) is -0.640. The average molecular weight is 271 g/mol. The van der Waals surface area contributed by atoms with E-state index in [9.17, 15) is 4.79 Å². The summed E-state index contributed by atoms with van der Waals surface area (Å²) in [5, 5.41) is 0. The summed E-state index contributed by atoms with van der Waals surface area (Å²) in [6, 6.07) is -0.226. The molecule has 6 nitrogen and oxygen atoms in total. The van der Waals surface area contributed by atoms with Crippen LogP contribution in [0.15, 0.2) is 0 Å². The predicted molar refractivity (Wildman–Crippen MR) is 60.9 cm³/mol. The highest BCUT2D eigenvalue weighted by molar-refractivity contribution is 6.17. The number of hydrogen-bond donors (Lipinski definition) is 0. The van der Waals surface area contributed by atoms with Gasteiger partial charge in [-0.05, 0) is 6.92 Å². The molecule has 0 saturated heterocycles. The molecular weight excluding hydrogens is 252 g/mol. The maximum atomic E-state index is 11.3. The Morgan fingerprint density at radius 3 is 2.47 bits per heavy atom. The van der Waals surface area contributed by atoms with Gasteiger partial charge in [0.05, 0.1) is 26.4 Å². The lowest BCUT2D eigenvalue weighted by atomic mass is 10.6. The molecule has 0 aliphatic carbocycles. The van der Waals surface area contributed by atoms with Crippen LogP contribution in [0.4, 0.5) is 0 Å². The van der Waals surface area contributed by atoms with Crippen LogP contribution in [0.2, 0.25) is 0 Å². The van der Waals surface area contributed by atoms with Gasteiger partial charge >= 0.3 is 5.97 Å². The van der Waals surface area contributed by atoms with Crippen LogP contribution < -0.4 is 0 Å². The van der Waals surface area contributed by atoms with E-state index in [0.717, 1.165) is 0 Å². The van der Waals surface area contributed by atoms with Gasteiger partial charge < -0.3 is 23.7 Å². The Morgan fingerprint density at radius 2 is 1.88 bits per heavy atom. The van der Waals surface area contributed by atoms with E-state index in [1.165, 1.54) is 0 Å². The molecule has 17 heavy (non-hydrogen) atoms. The highest BCUT2D eigenvalue weighted by Gasteiger charge is 2.20. The molecule has 0 aromatic rings. The van der Waals surface area contributed by atoms with Crippen LogP contribution in [0.25, 0.3) is 0 Å². The molecule has 0 bridgehead atoms. The van der Waals surface area contributed by atoms with Crippen LogP contribution >= 0.6 is 11.6 Å². The van der Waals surface area contributed by atoms with Crippen molar-refractivity contribution < 1.29 is 28.5 Å². The quantitative estimate of drug-likeness (QED) is 0.239. The normalized spacial score (nSPS) is 12.4. The smallest absolute Gasteiger partial charge is 0.364 e. The molecule has 0 aromatic heterocycles. The van der Waals surface area contributed by atoms with Crippen LogP contribution in [0.5, 0.6) is 0 Å². The van der Waals surface area contributed by atoms with Gasteiger partial charge in [-0.2, -0.15) is 0 Å². The third-order valence-electron chi connectivity index (χ3n) is 1.64. The minimum absolute atomic E-state index is 0.226. The molecule has 0 fully saturated rings. The van der Waals surface area contributed by atoms with Crippen molar-refractivity contribution in [3.63, 3.8) is 0 Å². The molecule has 1 atom stereocenters. The number of esters is 1. The fraction of sp³-hybridized carbons (Fsp3) is 0.900. The Morgan fingerprint density at radius 1 is 1.18 bits per heavy atom. The Labute approximate surface area is 106 Å². The van der Waals surface area contributed by atoms with E-state index in [1.54, 1.807) is 14.0 Å². The first-order chi connectivity index (χ1) is 8.26. The van der Waals surface area contributed by atoms with Gasteiger partial charge in [0.1, 0.15) is 0 Å². The molecule has 0 saturated carbocycles. The molecule has 0 spiro atoms. The molecular formula is C10H19ClO6. The SMILES string of the molecule is CCOC(OCCOCCOC)C(=O)OCCl. The highest BCUT2D eigenvalue weighted by Crippen LogP contribution is 1.99. The second-order valence-corrected chi connectivity index (χ2v) is 3.05. The minimum Gasteiger partial charge on any atom is -0.446 e. The van der Waals surface area contributed by atoms with Crippen LogP contribution in [-0.4, -0.2) is 58.5 Å². The summed E-state index contributed by atoms with van der Waals surface area (Å²) in [6.07, 6.45) is -1.05. The number of ether oxygens (including phenoxy) is 5. The number of alkyl halides is 1. The molecule has 0 rings (SSSR count). The fourth-order valence-electron chi connectivity index (χ4n) is 0.916. The number of carbonyl (C=O) groups is 1. The van der Waals surface area contributed by atoms with E-state index in [-0.39, 0.29) is 12.7 Å². The molecule has 102 valence electrons. The van der Waals surface area contributed by atoms with Crippen LogP contribution in [0.3, 0.4) is 0 Å². The van der Waals surface area contributed by atoms with Gasteiger partial charge in [-0.3, -0.25) is 0 Å². The van der Waals surface area contributed by atoms with Gasteiger partial charge in [0, 0.05) is 13.7 Å². The topological polar surface area (TPSA) is 63.2 Å². The molecule has 0 N–H and O–H groups in total. The van der Waals surface area contributed by atoms with Gasteiger partial charge in [-0.25, -0.2) is 4.79 Å². The number of methoxy groups -OCH3 is 1. The number of hydrogen-bond acceptors (Lipinski definition) is 6. The van der Waals surface area contributed by atoms with Gasteiger partial charge in [-0.15, -0.1) is 0 Å². The van der Waals surface area contributed by atoms with Crippen molar-refractivity contribution in [2.75, 3.05) is 46.2 Å². The second-order valence-electron chi connectivity index (χ2n) is 2.84. The number of halogens is 1. The molecule has 1 unspecified atom stereocenters. The van der Waals surface area contributed by atoms with Crippen molar-refractivity contribution >= 4 is 17.6 Å². The lowest BCUT2D eigenvalue weighted by Crippen LogP contribution is -2.30. The third-order valence-corrected chi connectivity index (χ3v) is 1.75. The molecule has 0 aliphatic rings. The Kier molecular flexibility index (Phi) is 11.8. The van der Waals surface area contributed by atoms with E-state index in [0.29, 0.717) is 26.4 Å². The van der Waals surface area contributed by atoms with E-state index in [1.807, 2.05) is 0 Å². The van der Waals surface area contributed by atoms with E-state index < -0.39 is 12.3 Å². The van der Waals surface area contributed by atoms with Crippen molar-refractivity contribution in [3.05, 3.63) is 0 Å². The summed E-state index contributed by atoms with van der Waals surface area (Å²) in [5.41, 5.74) is 0. The third kappa shape index (κ3) is 9.31. The van der Waals surface area contributed by atoms with Crippen molar-refractivity contribution in [2.24, 2.45) is 0 Å². The van der Waals surface area contributed by atoms with E-state index in [2.05, 4.69) is 4.74 Å². The average Bonchev–Trinajstić information content (AvgIpc) is 2.32. The minimum atomic E-state index is -1.05. The van der Waals surface area contributed by atoms with Crippen LogP contribution in [0.1, 0.15) is 6.92 Å². The zero-order valence-corrected chi connectivity index (χ0v) is 10.9. The van der Waals surface area contributed by atoms with Crippen molar-refractivity contribution in [2.45, 2.75) is 13.2 Å². The number of rotatable bonds is 11. The first kappa shape index (κ1) is 16.6. The second kappa shape index (κ2) is 12.1. The molecule has 0 heterocycles. The Hall–Kier alpha value is -0.400. The van der Waals surface area contributed by atoms with Gasteiger partial charge in [0.15, 0.2) is 6.07 Å². The maximum Gasteiger partial charge on any atom is 0.364 e. The van der Waals surface area contributed by atoms with Crippen LogP contribution in [-0.2, 0) is 28.5 Å². The summed E-state index contributed by atoms with van der Waals surface area (Å²) in [6.45, 7) is 3.66. The molecule has 0 aliphatic heterocycles. The molecule has 0 radical (unpaired) electrons. The van der Waals surface area contributed by atoms with Crippen LogP contribution in [0, 0.1) is 0 Å². The summed E-state index contributed by atoms with van der Waals surface area (Å²) < 4.78 is 24.7. The fourth-order valence-corrected chi connectivity index (χ4v) is 1.02. The van der Waals surface area contributed by atoms with Crippen molar-refractivity contribution in [1.29, 1.82) is 0 Å².